The zero-order valence-corrected chi connectivity index (χ0v) is 8.88. The summed E-state index contributed by atoms with van der Waals surface area (Å²) in [4.78, 5) is 11.4. The second kappa shape index (κ2) is 6.70. The molecule has 0 amide bonds. The SMILES string of the molecule is C=CC[C@@H](CC(C)C)C(=O)OCC. The van der Waals surface area contributed by atoms with E-state index < -0.39 is 0 Å². The minimum Gasteiger partial charge on any atom is -0.466 e. The Kier molecular flexibility index (Phi) is 6.29. The average molecular weight is 184 g/mol. The molecule has 0 N–H and O–H groups in total. The maximum Gasteiger partial charge on any atom is 0.309 e. The standard InChI is InChI=1S/C11H20O2/c1-5-7-10(8-9(3)4)11(12)13-6-2/h5,9-10H,1,6-8H2,2-4H3/t10-/m0/s1. The van der Waals surface area contributed by atoms with E-state index >= 15 is 0 Å². The van der Waals surface area contributed by atoms with Crippen molar-refractivity contribution in [3.8, 4) is 0 Å². The van der Waals surface area contributed by atoms with Crippen LogP contribution in [0.25, 0.3) is 0 Å². The fourth-order valence-electron chi connectivity index (χ4n) is 1.32. The Morgan fingerprint density at radius 1 is 1.54 bits per heavy atom. The third-order valence-corrected chi connectivity index (χ3v) is 1.83. The lowest BCUT2D eigenvalue weighted by Gasteiger charge is -2.15. The van der Waals surface area contributed by atoms with Gasteiger partial charge in [0.25, 0.3) is 0 Å². The van der Waals surface area contributed by atoms with Crippen LogP contribution in [-0.4, -0.2) is 12.6 Å². The third-order valence-electron chi connectivity index (χ3n) is 1.83. The van der Waals surface area contributed by atoms with Gasteiger partial charge in [-0.25, -0.2) is 0 Å². The van der Waals surface area contributed by atoms with Crippen LogP contribution in [0.15, 0.2) is 12.7 Å². The van der Waals surface area contributed by atoms with Crippen molar-refractivity contribution in [2.45, 2.75) is 33.6 Å². The number of carbonyl (C=O) groups is 1. The Morgan fingerprint density at radius 3 is 2.54 bits per heavy atom. The third kappa shape index (κ3) is 5.45. The normalized spacial score (nSPS) is 12.6. The Labute approximate surface area is 81.0 Å². The Hall–Kier alpha value is -0.790. The highest BCUT2D eigenvalue weighted by molar-refractivity contribution is 5.72. The van der Waals surface area contributed by atoms with E-state index in [0.29, 0.717) is 12.5 Å². The van der Waals surface area contributed by atoms with Crippen molar-refractivity contribution in [2.24, 2.45) is 11.8 Å². The molecule has 13 heavy (non-hydrogen) atoms. The van der Waals surface area contributed by atoms with E-state index in [1.165, 1.54) is 0 Å². The van der Waals surface area contributed by atoms with Gasteiger partial charge < -0.3 is 4.74 Å². The predicted molar refractivity (Wildman–Crippen MR) is 54.4 cm³/mol. The van der Waals surface area contributed by atoms with Gasteiger partial charge >= 0.3 is 5.97 Å². The van der Waals surface area contributed by atoms with E-state index in [4.69, 9.17) is 4.74 Å². The predicted octanol–water partition coefficient (Wildman–Crippen LogP) is 2.79. The molecule has 0 aliphatic carbocycles. The Bertz CT molecular complexity index is 161. The van der Waals surface area contributed by atoms with Crippen LogP contribution in [0.5, 0.6) is 0 Å². The van der Waals surface area contributed by atoms with Gasteiger partial charge in [-0.15, -0.1) is 6.58 Å². The summed E-state index contributed by atoms with van der Waals surface area (Å²) in [5.41, 5.74) is 0. The highest BCUT2D eigenvalue weighted by atomic mass is 16.5. The van der Waals surface area contributed by atoms with Crippen molar-refractivity contribution in [2.75, 3.05) is 6.61 Å². The molecule has 0 unspecified atom stereocenters. The van der Waals surface area contributed by atoms with Gasteiger partial charge in [0, 0.05) is 0 Å². The van der Waals surface area contributed by atoms with Crippen molar-refractivity contribution < 1.29 is 9.53 Å². The van der Waals surface area contributed by atoms with Gasteiger partial charge in [0.15, 0.2) is 0 Å². The first-order chi connectivity index (χ1) is 6.11. The van der Waals surface area contributed by atoms with Crippen molar-refractivity contribution in [3.63, 3.8) is 0 Å². The van der Waals surface area contributed by atoms with E-state index in [2.05, 4.69) is 20.4 Å². The molecule has 0 radical (unpaired) electrons. The van der Waals surface area contributed by atoms with E-state index in [9.17, 15) is 4.79 Å². The topological polar surface area (TPSA) is 26.3 Å². The summed E-state index contributed by atoms with van der Waals surface area (Å²) >= 11 is 0. The molecule has 76 valence electrons. The molecule has 0 bridgehead atoms. The molecule has 0 aliphatic heterocycles. The summed E-state index contributed by atoms with van der Waals surface area (Å²) < 4.78 is 4.97. The molecule has 0 rings (SSSR count). The van der Waals surface area contributed by atoms with Gasteiger partial charge in [-0.3, -0.25) is 4.79 Å². The number of carbonyl (C=O) groups excluding carboxylic acids is 1. The zero-order chi connectivity index (χ0) is 10.3. The molecule has 2 heteroatoms. The van der Waals surface area contributed by atoms with E-state index in [-0.39, 0.29) is 11.9 Å². The number of esters is 1. The van der Waals surface area contributed by atoms with Crippen LogP contribution >= 0.6 is 0 Å². The van der Waals surface area contributed by atoms with E-state index in [1.807, 2.05) is 6.92 Å². The highest BCUT2D eigenvalue weighted by Crippen LogP contribution is 2.17. The molecule has 0 aromatic rings. The van der Waals surface area contributed by atoms with Gasteiger partial charge in [-0.1, -0.05) is 19.9 Å². The second-order valence-corrected chi connectivity index (χ2v) is 3.60. The summed E-state index contributed by atoms with van der Waals surface area (Å²) in [5, 5.41) is 0. The van der Waals surface area contributed by atoms with Crippen molar-refractivity contribution in [3.05, 3.63) is 12.7 Å². The number of allylic oxidation sites excluding steroid dienone is 1. The highest BCUT2D eigenvalue weighted by Gasteiger charge is 2.18. The first kappa shape index (κ1) is 12.2. The lowest BCUT2D eigenvalue weighted by atomic mass is 9.94. The number of hydrogen-bond acceptors (Lipinski definition) is 2. The van der Waals surface area contributed by atoms with E-state index in [0.717, 1.165) is 12.8 Å². The molecule has 0 aliphatic rings. The van der Waals surface area contributed by atoms with Crippen LogP contribution in [0.4, 0.5) is 0 Å². The maximum atomic E-state index is 11.4. The fourth-order valence-corrected chi connectivity index (χ4v) is 1.32. The molecular weight excluding hydrogens is 164 g/mol. The Morgan fingerprint density at radius 2 is 2.15 bits per heavy atom. The van der Waals surface area contributed by atoms with Crippen LogP contribution in [0.3, 0.4) is 0 Å². The largest absolute Gasteiger partial charge is 0.466 e. The Balaban J connectivity index is 4.05. The zero-order valence-electron chi connectivity index (χ0n) is 8.88. The summed E-state index contributed by atoms with van der Waals surface area (Å²) in [5.74, 6) is 0.433. The smallest absolute Gasteiger partial charge is 0.309 e. The summed E-state index contributed by atoms with van der Waals surface area (Å²) in [6.07, 6.45) is 3.38. The molecule has 0 aromatic carbocycles. The fraction of sp³-hybridized carbons (Fsp3) is 0.727. The molecule has 2 nitrogen and oxygen atoms in total. The molecule has 0 saturated heterocycles. The molecule has 0 heterocycles. The van der Waals surface area contributed by atoms with Gasteiger partial charge in [0.05, 0.1) is 12.5 Å². The number of ether oxygens (including phenoxy) is 1. The summed E-state index contributed by atoms with van der Waals surface area (Å²) in [7, 11) is 0. The molecule has 1 atom stereocenters. The van der Waals surface area contributed by atoms with Crippen LogP contribution in [0.1, 0.15) is 33.6 Å². The van der Waals surface area contributed by atoms with Crippen molar-refractivity contribution in [1.82, 2.24) is 0 Å². The van der Waals surface area contributed by atoms with Gasteiger partial charge in [0.2, 0.25) is 0 Å². The maximum absolute atomic E-state index is 11.4. The van der Waals surface area contributed by atoms with Crippen molar-refractivity contribution in [1.29, 1.82) is 0 Å². The lowest BCUT2D eigenvalue weighted by molar-refractivity contribution is -0.148. The van der Waals surface area contributed by atoms with Gasteiger partial charge in [0.1, 0.15) is 0 Å². The molecule has 0 fully saturated rings. The molecule has 0 saturated carbocycles. The summed E-state index contributed by atoms with van der Waals surface area (Å²) in [6, 6.07) is 0. The van der Waals surface area contributed by atoms with E-state index in [1.54, 1.807) is 6.08 Å². The first-order valence-corrected chi connectivity index (χ1v) is 4.89. The van der Waals surface area contributed by atoms with Crippen LogP contribution in [0, 0.1) is 11.8 Å². The monoisotopic (exact) mass is 184 g/mol. The van der Waals surface area contributed by atoms with Gasteiger partial charge in [-0.05, 0) is 25.7 Å². The van der Waals surface area contributed by atoms with Crippen LogP contribution in [-0.2, 0) is 9.53 Å². The average Bonchev–Trinajstić information content (AvgIpc) is 2.03. The second-order valence-electron chi connectivity index (χ2n) is 3.60. The molecule has 0 aromatic heterocycles. The van der Waals surface area contributed by atoms with Crippen molar-refractivity contribution >= 4 is 5.97 Å². The first-order valence-electron chi connectivity index (χ1n) is 4.89. The quantitative estimate of drug-likeness (QED) is 0.468. The molecular formula is C11H20O2. The number of rotatable bonds is 6. The minimum absolute atomic E-state index is 0.00236. The lowest BCUT2D eigenvalue weighted by Crippen LogP contribution is -2.19. The number of hydrogen-bond donors (Lipinski definition) is 0. The minimum atomic E-state index is -0.0869. The van der Waals surface area contributed by atoms with Gasteiger partial charge in [-0.2, -0.15) is 0 Å². The van der Waals surface area contributed by atoms with Crippen LogP contribution < -0.4 is 0 Å². The van der Waals surface area contributed by atoms with Crippen LogP contribution in [0.2, 0.25) is 0 Å². The molecule has 0 spiro atoms. The summed E-state index contributed by atoms with van der Waals surface area (Å²) in [6.45, 7) is 10.1.